The fraction of sp³-hybridized carbons (Fsp3) is 0.318. The van der Waals surface area contributed by atoms with E-state index in [-0.39, 0.29) is 17.5 Å². The van der Waals surface area contributed by atoms with Crippen LogP contribution in [0.25, 0.3) is 6.08 Å². The molecule has 1 saturated heterocycles. The van der Waals surface area contributed by atoms with Crippen LogP contribution in [0.3, 0.4) is 0 Å². The number of likely N-dealkylation sites (tertiary alicyclic amines) is 1. The van der Waals surface area contributed by atoms with Crippen LogP contribution >= 0.6 is 11.8 Å². The molecule has 1 aliphatic rings. The van der Waals surface area contributed by atoms with Crippen molar-refractivity contribution in [1.82, 2.24) is 15.2 Å². The first-order valence-electron chi connectivity index (χ1n) is 9.96. The summed E-state index contributed by atoms with van der Waals surface area (Å²) in [4.78, 5) is 41.2. The number of hydrogen-bond acceptors (Lipinski definition) is 6. The van der Waals surface area contributed by atoms with Gasteiger partial charge in [-0.15, -0.1) is 11.8 Å². The first-order valence-corrected chi connectivity index (χ1v) is 11.2. The molecule has 1 N–H and O–H groups in total. The molecule has 1 aromatic heterocycles. The van der Waals surface area contributed by atoms with Crippen LogP contribution in [0.15, 0.2) is 53.7 Å². The maximum atomic E-state index is 12.8. The highest BCUT2D eigenvalue weighted by Crippen LogP contribution is 2.22. The lowest BCUT2D eigenvalue weighted by Crippen LogP contribution is -2.41. The average molecular weight is 441 g/mol. The molecule has 0 bridgehead atoms. The number of amides is 2. The summed E-state index contributed by atoms with van der Waals surface area (Å²) in [5, 5.41) is 14.3. The Balaban J connectivity index is 1.44. The summed E-state index contributed by atoms with van der Waals surface area (Å²) >= 11 is 1.46. The van der Waals surface area contributed by atoms with Crippen molar-refractivity contribution in [2.75, 3.05) is 25.9 Å². The summed E-state index contributed by atoms with van der Waals surface area (Å²) in [6.07, 6.45) is 8.29. The van der Waals surface area contributed by atoms with Gasteiger partial charge in [0.25, 0.3) is 11.6 Å². The number of benzene rings is 1. The van der Waals surface area contributed by atoms with Crippen LogP contribution in [0, 0.1) is 16.0 Å². The number of thioether (sulfide) groups is 1. The van der Waals surface area contributed by atoms with E-state index in [1.165, 1.54) is 30.0 Å². The molecule has 2 heterocycles. The Kier molecular flexibility index (Phi) is 7.77. The van der Waals surface area contributed by atoms with E-state index in [0.717, 1.165) is 17.9 Å². The molecule has 0 saturated carbocycles. The fourth-order valence-corrected chi connectivity index (χ4v) is 3.95. The predicted molar refractivity (Wildman–Crippen MR) is 120 cm³/mol. The molecule has 8 nitrogen and oxygen atoms in total. The summed E-state index contributed by atoms with van der Waals surface area (Å²) in [5.74, 6) is 0.109. The third kappa shape index (κ3) is 6.14. The van der Waals surface area contributed by atoms with E-state index >= 15 is 0 Å². The number of carbonyl (C=O) groups excluding carboxylic acids is 2. The molecule has 0 unspecified atom stereocenters. The zero-order chi connectivity index (χ0) is 22.2. The van der Waals surface area contributed by atoms with Crippen molar-refractivity contribution in [1.29, 1.82) is 0 Å². The second kappa shape index (κ2) is 10.7. The molecule has 0 radical (unpaired) electrons. The topological polar surface area (TPSA) is 105 Å². The average Bonchev–Trinajstić information content (AvgIpc) is 2.81. The van der Waals surface area contributed by atoms with Gasteiger partial charge in [-0.2, -0.15) is 0 Å². The molecule has 3 rings (SSSR count). The Morgan fingerprint density at radius 2 is 1.97 bits per heavy atom. The number of rotatable bonds is 7. The number of aromatic nitrogens is 1. The summed E-state index contributed by atoms with van der Waals surface area (Å²) in [7, 11) is 0. The maximum absolute atomic E-state index is 12.8. The van der Waals surface area contributed by atoms with E-state index in [2.05, 4.69) is 10.3 Å². The number of pyridine rings is 1. The van der Waals surface area contributed by atoms with Crippen LogP contribution < -0.4 is 5.32 Å². The molecule has 162 valence electrons. The van der Waals surface area contributed by atoms with E-state index in [1.807, 2.05) is 17.2 Å². The van der Waals surface area contributed by atoms with Gasteiger partial charge < -0.3 is 10.2 Å². The van der Waals surface area contributed by atoms with Gasteiger partial charge in [0.15, 0.2) is 0 Å². The number of carbonyl (C=O) groups is 2. The molecule has 0 atom stereocenters. The molecule has 1 aliphatic heterocycles. The Bertz CT molecular complexity index is 970. The zero-order valence-corrected chi connectivity index (χ0v) is 18.0. The van der Waals surface area contributed by atoms with Crippen molar-refractivity contribution < 1.29 is 14.5 Å². The van der Waals surface area contributed by atoms with Crippen LogP contribution in [0.1, 0.15) is 28.8 Å². The minimum Gasteiger partial charge on any atom is -0.352 e. The smallest absolute Gasteiger partial charge is 0.269 e. The van der Waals surface area contributed by atoms with Crippen LogP contribution in [0.4, 0.5) is 5.69 Å². The molecule has 0 spiro atoms. The molecular formula is C22H24N4O4S. The van der Waals surface area contributed by atoms with Crippen molar-refractivity contribution in [2.24, 2.45) is 5.92 Å². The molecule has 9 heteroatoms. The van der Waals surface area contributed by atoms with Gasteiger partial charge >= 0.3 is 0 Å². The van der Waals surface area contributed by atoms with Gasteiger partial charge in [0, 0.05) is 44.0 Å². The number of nitro groups is 1. The van der Waals surface area contributed by atoms with Crippen molar-refractivity contribution in [3.8, 4) is 0 Å². The standard InChI is InChI=1S/C22H24N4O4S/c1-31-21-19(3-2-12-23-21)22(28)25-13-10-17(11-14-25)15-24-20(27)9-6-16-4-7-18(8-5-16)26(29)30/h2-9,12,17H,10-11,13-15H2,1H3,(H,24,27)/b9-6+. The van der Waals surface area contributed by atoms with Crippen molar-refractivity contribution in [3.05, 3.63) is 69.9 Å². The van der Waals surface area contributed by atoms with Gasteiger partial charge in [0.05, 0.1) is 10.5 Å². The van der Waals surface area contributed by atoms with Gasteiger partial charge in [-0.05, 0) is 60.9 Å². The summed E-state index contributed by atoms with van der Waals surface area (Å²) < 4.78 is 0. The van der Waals surface area contributed by atoms with Crippen molar-refractivity contribution >= 4 is 35.3 Å². The largest absolute Gasteiger partial charge is 0.352 e. The molecule has 1 fully saturated rings. The van der Waals surface area contributed by atoms with E-state index in [4.69, 9.17) is 0 Å². The number of hydrogen-bond donors (Lipinski definition) is 1. The Labute approximate surface area is 184 Å². The maximum Gasteiger partial charge on any atom is 0.269 e. The second-order valence-corrected chi connectivity index (χ2v) is 8.02. The lowest BCUT2D eigenvalue weighted by atomic mass is 9.96. The molecule has 1 aromatic carbocycles. The van der Waals surface area contributed by atoms with E-state index < -0.39 is 4.92 Å². The van der Waals surface area contributed by atoms with E-state index in [9.17, 15) is 19.7 Å². The number of piperidine rings is 1. The van der Waals surface area contributed by atoms with Crippen LogP contribution in [0.2, 0.25) is 0 Å². The quantitative estimate of drug-likeness (QED) is 0.306. The normalized spacial score (nSPS) is 14.5. The molecule has 31 heavy (non-hydrogen) atoms. The first kappa shape index (κ1) is 22.5. The number of nitrogens with zero attached hydrogens (tertiary/aromatic N) is 3. The number of nitro benzene ring substituents is 1. The highest BCUT2D eigenvalue weighted by Gasteiger charge is 2.25. The Morgan fingerprint density at radius 1 is 1.26 bits per heavy atom. The highest BCUT2D eigenvalue weighted by molar-refractivity contribution is 7.98. The van der Waals surface area contributed by atoms with Gasteiger partial charge in [-0.3, -0.25) is 19.7 Å². The third-order valence-corrected chi connectivity index (χ3v) is 5.90. The van der Waals surface area contributed by atoms with Gasteiger partial charge in [0.1, 0.15) is 5.03 Å². The van der Waals surface area contributed by atoms with Crippen LogP contribution in [0.5, 0.6) is 0 Å². The van der Waals surface area contributed by atoms with Crippen molar-refractivity contribution in [2.45, 2.75) is 17.9 Å². The van der Waals surface area contributed by atoms with Gasteiger partial charge in [-0.25, -0.2) is 4.98 Å². The summed E-state index contributed by atoms with van der Waals surface area (Å²) in [6.45, 7) is 1.86. The lowest BCUT2D eigenvalue weighted by molar-refractivity contribution is -0.384. The fourth-order valence-electron chi connectivity index (χ4n) is 3.41. The lowest BCUT2D eigenvalue weighted by Gasteiger charge is -2.32. The summed E-state index contributed by atoms with van der Waals surface area (Å²) in [5.41, 5.74) is 1.37. The first-order chi connectivity index (χ1) is 15.0. The monoisotopic (exact) mass is 440 g/mol. The van der Waals surface area contributed by atoms with Gasteiger partial charge in [-0.1, -0.05) is 0 Å². The predicted octanol–water partition coefficient (Wildman–Crippen LogP) is 3.39. The second-order valence-electron chi connectivity index (χ2n) is 7.22. The van der Waals surface area contributed by atoms with E-state index in [1.54, 1.807) is 30.5 Å². The van der Waals surface area contributed by atoms with Gasteiger partial charge in [0.2, 0.25) is 5.91 Å². The Hall–Kier alpha value is -3.20. The molecular weight excluding hydrogens is 416 g/mol. The van der Waals surface area contributed by atoms with Crippen molar-refractivity contribution in [3.63, 3.8) is 0 Å². The number of non-ortho nitro benzene ring substituents is 1. The Morgan fingerprint density at radius 3 is 2.61 bits per heavy atom. The molecule has 2 aromatic rings. The van der Waals surface area contributed by atoms with Crippen LogP contribution in [-0.2, 0) is 4.79 Å². The highest BCUT2D eigenvalue weighted by atomic mass is 32.2. The molecule has 2 amide bonds. The third-order valence-electron chi connectivity index (χ3n) is 5.19. The number of nitrogens with one attached hydrogen (secondary N) is 1. The minimum absolute atomic E-state index is 0.00552. The van der Waals surface area contributed by atoms with E-state index in [0.29, 0.717) is 36.7 Å². The summed E-state index contributed by atoms with van der Waals surface area (Å²) in [6, 6.07) is 9.59. The molecule has 0 aliphatic carbocycles. The zero-order valence-electron chi connectivity index (χ0n) is 17.2. The minimum atomic E-state index is -0.461. The van der Waals surface area contributed by atoms with Crippen LogP contribution in [-0.4, -0.2) is 52.5 Å². The SMILES string of the molecule is CSc1ncccc1C(=O)N1CCC(CNC(=O)/C=C/c2ccc([N+](=O)[O-])cc2)CC1.